The second-order valence-electron chi connectivity index (χ2n) is 5.80. The first kappa shape index (κ1) is 19.0. The SMILES string of the molecule is CCc1c(C)sc(NC(=O)COc2ccccc2)c1C(=O)OC(C)C. The number of nitrogens with one attached hydrogen (secondary N) is 1. The van der Waals surface area contributed by atoms with Crippen molar-refractivity contribution in [1.29, 1.82) is 0 Å². The number of hydrogen-bond donors (Lipinski definition) is 1. The Kier molecular flexibility index (Phi) is 6.58. The lowest BCUT2D eigenvalue weighted by molar-refractivity contribution is -0.118. The summed E-state index contributed by atoms with van der Waals surface area (Å²) in [5.74, 6) is -0.101. The molecule has 1 aromatic carbocycles. The van der Waals surface area contributed by atoms with Gasteiger partial charge in [0, 0.05) is 4.88 Å². The minimum Gasteiger partial charge on any atom is -0.484 e. The van der Waals surface area contributed by atoms with Gasteiger partial charge in [0.15, 0.2) is 6.61 Å². The lowest BCUT2D eigenvalue weighted by Gasteiger charge is -2.11. The second-order valence-corrected chi connectivity index (χ2v) is 7.02. The van der Waals surface area contributed by atoms with Crippen molar-refractivity contribution in [3.63, 3.8) is 0 Å². The summed E-state index contributed by atoms with van der Waals surface area (Å²) in [6.45, 7) is 7.39. The van der Waals surface area contributed by atoms with Crippen molar-refractivity contribution in [3.05, 3.63) is 46.3 Å². The average Bonchev–Trinajstić information content (AvgIpc) is 2.88. The Morgan fingerprint density at radius 2 is 1.88 bits per heavy atom. The fourth-order valence-corrected chi connectivity index (χ4v) is 3.56. The van der Waals surface area contributed by atoms with Crippen molar-refractivity contribution in [2.24, 2.45) is 0 Å². The molecule has 0 aliphatic rings. The second kappa shape index (κ2) is 8.67. The third-order valence-electron chi connectivity index (χ3n) is 3.48. The molecule has 0 radical (unpaired) electrons. The zero-order valence-corrected chi connectivity index (χ0v) is 15.7. The van der Waals surface area contributed by atoms with Crippen LogP contribution in [-0.4, -0.2) is 24.6 Å². The maximum atomic E-state index is 12.4. The Labute approximate surface area is 152 Å². The van der Waals surface area contributed by atoms with E-state index in [4.69, 9.17) is 9.47 Å². The Morgan fingerprint density at radius 1 is 1.20 bits per heavy atom. The van der Waals surface area contributed by atoms with E-state index in [1.54, 1.807) is 26.0 Å². The molecular weight excluding hydrogens is 338 g/mol. The normalized spacial score (nSPS) is 10.6. The molecule has 6 heteroatoms. The smallest absolute Gasteiger partial charge is 0.341 e. The van der Waals surface area contributed by atoms with Gasteiger partial charge in [-0.15, -0.1) is 11.3 Å². The van der Waals surface area contributed by atoms with Crippen LogP contribution in [0.15, 0.2) is 30.3 Å². The third-order valence-corrected chi connectivity index (χ3v) is 4.54. The van der Waals surface area contributed by atoms with E-state index in [1.807, 2.05) is 32.0 Å². The van der Waals surface area contributed by atoms with Crippen molar-refractivity contribution in [2.75, 3.05) is 11.9 Å². The maximum absolute atomic E-state index is 12.4. The summed E-state index contributed by atoms with van der Waals surface area (Å²) in [6, 6.07) is 9.11. The van der Waals surface area contributed by atoms with Gasteiger partial charge in [0.2, 0.25) is 0 Å². The van der Waals surface area contributed by atoms with Gasteiger partial charge in [0.25, 0.3) is 5.91 Å². The van der Waals surface area contributed by atoms with Crippen molar-refractivity contribution in [3.8, 4) is 5.75 Å². The summed E-state index contributed by atoms with van der Waals surface area (Å²) < 4.78 is 10.8. The van der Waals surface area contributed by atoms with E-state index in [-0.39, 0.29) is 18.6 Å². The molecule has 0 saturated carbocycles. The number of aryl methyl sites for hydroxylation is 1. The van der Waals surface area contributed by atoms with Crippen LogP contribution in [0.3, 0.4) is 0 Å². The molecule has 25 heavy (non-hydrogen) atoms. The van der Waals surface area contributed by atoms with Crippen LogP contribution in [0.4, 0.5) is 5.00 Å². The lowest BCUT2D eigenvalue weighted by atomic mass is 10.1. The standard InChI is InChI=1S/C19H23NO4S/c1-5-15-13(4)25-18(17(15)19(22)24-12(2)3)20-16(21)11-23-14-9-7-6-8-10-14/h6-10,12H,5,11H2,1-4H3,(H,20,21). The molecule has 0 fully saturated rings. The van der Waals surface area contributed by atoms with E-state index in [2.05, 4.69) is 5.32 Å². The number of carbonyl (C=O) groups excluding carboxylic acids is 2. The molecule has 5 nitrogen and oxygen atoms in total. The minimum absolute atomic E-state index is 0.124. The Hall–Kier alpha value is -2.34. The number of anilines is 1. The molecule has 0 unspecified atom stereocenters. The van der Waals surface area contributed by atoms with Crippen molar-refractivity contribution in [2.45, 2.75) is 40.2 Å². The van der Waals surface area contributed by atoms with Crippen LogP contribution in [0.25, 0.3) is 0 Å². The first-order chi connectivity index (χ1) is 11.9. The summed E-state index contributed by atoms with van der Waals surface area (Å²) in [5, 5.41) is 3.30. The predicted octanol–water partition coefficient (Wildman–Crippen LogP) is 4.20. The molecule has 0 atom stereocenters. The maximum Gasteiger partial charge on any atom is 0.341 e. The Bertz CT molecular complexity index is 737. The number of hydrogen-bond acceptors (Lipinski definition) is 5. The number of thiophene rings is 1. The molecule has 1 N–H and O–H groups in total. The van der Waals surface area contributed by atoms with Gasteiger partial charge >= 0.3 is 5.97 Å². The number of rotatable bonds is 7. The molecule has 2 rings (SSSR count). The summed E-state index contributed by atoms with van der Waals surface area (Å²) in [4.78, 5) is 25.6. The zero-order valence-electron chi connectivity index (χ0n) is 14.9. The Morgan fingerprint density at radius 3 is 2.48 bits per heavy atom. The molecule has 0 aliphatic carbocycles. The molecule has 0 saturated heterocycles. The van der Waals surface area contributed by atoms with Crippen LogP contribution in [-0.2, 0) is 16.0 Å². The summed E-state index contributed by atoms with van der Waals surface area (Å²) in [7, 11) is 0. The fraction of sp³-hybridized carbons (Fsp3) is 0.368. The van der Waals surface area contributed by atoms with Gasteiger partial charge < -0.3 is 14.8 Å². The lowest BCUT2D eigenvalue weighted by Crippen LogP contribution is -2.21. The first-order valence-electron chi connectivity index (χ1n) is 8.23. The van der Waals surface area contributed by atoms with Gasteiger partial charge in [0.05, 0.1) is 11.7 Å². The summed E-state index contributed by atoms with van der Waals surface area (Å²) in [5.41, 5.74) is 1.36. The van der Waals surface area contributed by atoms with Crippen LogP contribution in [0, 0.1) is 6.92 Å². The van der Waals surface area contributed by atoms with Crippen LogP contribution in [0.2, 0.25) is 0 Å². The number of ether oxygens (including phenoxy) is 2. The minimum atomic E-state index is -0.407. The fourth-order valence-electron chi connectivity index (χ4n) is 2.41. The van der Waals surface area contributed by atoms with Gasteiger partial charge in [-0.25, -0.2) is 4.79 Å². The highest BCUT2D eigenvalue weighted by Gasteiger charge is 2.24. The molecule has 134 valence electrons. The number of para-hydroxylation sites is 1. The monoisotopic (exact) mass is 361 g/mol. The van der Waals surface area contributed by atoms with E-state index in [0.717, 1.165) is 10.4 Å². The molecular formula is C19H23NO4S. The number of amides is 1. The topological polar surface area (TPSA) is 64.6 Å². The van der Waals surface area contributed by atoms with E-state index in [1.165, 1.54) is 11.3 Å². The number of esters is 1. The molecule has 1 amide bonds. The average molecular weight is 361 g/mol. The van der Waals surface area contributed by atoms with Crippen LogP contribution >= 0.6 is 11.3 Å². The highest BCUT2D eigenvalue weighted by molar-refractivity contribution is 7.16. The molecule has 0 bridgehead atoms. The van der Waals surface area contributed by atoms with Crippen LogP contribution in [0.5, 0.6) is 5.75 Å². The Balaban J connectivity index is 2.12. The largest absolute Gasteiger partial charge is 0.484 e. The van der Waals surface area contributed by atoms with E-state index >= 15 is 0 Å². The van der Waals surface area contributed by atoms with E-state index in [9.17, 15) is 9.59 Å². The zero-order chi connectivity index (χ0) is 18.4. The van der Waals surface area contributed by atoms with Gasteiger partial charge in [-0.2, -0.15) is 0 Å². The van der Waals surface area contributed by atoms with Crippen molar-refractivity contribution < 1.29 is 19.1 Å². The summed E-state index contributed by atoms with van der Waals surface area (Å²) >= 11 is 1.38. The van der Waals surface area contributed by atoms with E-state index < -0.39 is 5.97 Å². The van der Waals surface area contributed by atoms with Gasteiger partial charge in [0.1, 0.15) is 10.8 Å². The molecule has 1 heterocycles. The van der Waals surface area contributed by atoms with Crippen molar-refractivity contribution in [1.82, 2.24) is 0 Å². The third kappa shape index (κ3) is 5.06. The highest BCUT2D eigenvalue weighted by Crippen LogP contribution is 2.34. The molecule has 1 aromatic heterocycles. The van der Waals surface area contributed by atoms with E-state index in [0.29, 0.717) is 22.7 Å². The van der Waals surface area contributed by atoms with Crippen molar-refractivity contribution >= 4 is 28.2 Å². The quantitative estimate of drug-likeness (QED) is 0.751. The first-order valence-corrected chi connectivity index (χ1v) is 9.05. The number of benzene rings is 1. The van der Waals surface area contributed by atoms with Gasteiger partial charge in [-0.3, -0.25) is 4.79 Å². The van der Waals surface area contributed by atoms with Crippen LogP contribution in [0.1, 0.15) is 41.6 Å². The van der Waals surface area contributed by atoms with Crippen LogP contribution < -0.4 is 10.1 Å². The predicted molar refractivity (Wildman–Crippen MR) is 99.6 cm³/mol. The number of carbonyl (C=O) groups is 2. The molecule has 0 aliphatic heterocycles. The van der Waals surface area contributed by atoms with Gasteiger partial charge in [-0.05, 0) is 44.9 Å². The highest BCUT2D eigenvalue weighted by atomic mass is 32.1. The molecule has 0 spiro atoms. The van der Waals surface area contributed by atoms with Gasteiger partial charge in [-0.1, -0.05) is 25.1 Å². The molecule has 2 aromatic rings. The summed E-state index contributed by atoms with van der Waals surface area (Å²) in [6.07, 6.45) is 0.476.